The van der Waals surface area contributed by atoms with Crippen molar-refractivity contribution in [1.82, 2.24) is 9.62 Å². The summed E-state index contributed by atoms with van der Waals surface area (Å²) in [6.07, 6.45) is 3.90. The van der Waals surface area contributed by atoms with E-state index in [2.05, 4.69) is 11.6 Å². The van der Waals surface area contributed by atoms with Crippen molar-refractivity contribution in [3.05, 3.63) is 29.8 Å². The molecular weight excluding hydrogens is 340 g/mol. The van der Waals surface area contributed by atoms with Crippen LogP contribution in [0.15, 0.2) is 29.2 Å². The summed E-state index contributed by atoms with van der Waals surface area (Å²) in [6, 6.07) is 6.30. The fraction of sp³-hybridized carbons (Fsp3) is 0.611. The number of benzene rings is 1. The Morgan fingerprint density at radius 3 is 2.88 bits per heavy atom. The molecule has 1 N–H and O–H groups in total. The number of carbonyl (C=O) groups is 1. The van der Waals surface area contributed by atoms with Crippen LogP contribution in [0.3, 0.4) is 0 Å². The number of nitrogens with one attached hydrogen (secondary N) is 1. The van der Waals surface area contributed by atoms with E-state index in [-0.39, 0.29) is 23.5 Å². The van der Waals surface area contributed by atoms with Gasteiger partial charge in [-0.05, 0) is 49.8 Å². The predicted molar refractivity (Wildman–Crippen MR) is 94.9 cm³/mol. The summed E-state index contributed by atoms with van der Waals surface area (Å²) in [6.45, 7) is 4.55. The Labute approximate surface area is 149 Å². The molecule has 2 saturated heterocycles. The lowest BCUT2D eigenvalue weighted by molar-refractivity contribution is 0.0683. The standard InChI is InChI=1S/C18H26N2O4S/c1-14-5-3-9-20(13-14)18(21)15-6-2-8-17(11-15)25(22,23)19-12-16-7-4-10-24-16/h2,6,8,11,14,16,19H,3-5,7,9-10,12-13H2,1H3. The van der Waals surface area contributed by atoms with E-state index in [0.29, 0.717) is 18.1 Å². The molecule has 2 fully saturated rings. The minimum atomic E-state index is -3.65. The van der Waals surface area contributed by atoms with Gasteiger partial charge in [0.25, 0.3) is 5.91 Å². The van der Waals surface area contributed by atoms with Crippen LogP contribution in [-0.2, 0) is 14.8 Å². The van der Waals surface area contributed by atoms with Gasteiger partial charge in [0, 0.05) is 31.8 Å². The van der Waals surface area contributed by atoms with E-state index in [1.165, 1.54) is 12.1 Å². The zero-order valence-corrected chi connectivity index (χ0v) is 15.4. The van der Waals surface area contributed by atoms with Crippen molar-refractivity contribution in [2.45, 2.75) is 43.6 Å². The summed E-state index contributed by atoms with van der Waals surface area (Å²) in [5, 5.41) is 0. The van der Waals surface area contributed by atoms with E-state index in [9.17, 15) is 13.2 Å². The Morgan fingerprint density at radius 2 is 2.16 bits per heavy atom. The first-order chi connectivity index (χ1) is 12.0. The van der Waals surface area contributed by atoms with Gasteiger partial charge in [-0.2, -0.15) is 0 Å². The number of piperidine rings is 1. The maximum atomic E-state index is 12.7. The molecule has 1 aromatic rings. The van der Waals surface area contributed by atoms with Crippen LogP contribution < -0.4 is 4.72 Å². The highest BCUT2D eigenvalue weighted by Crippen LogP contribution is 2.20. The monoisotopic (exact) mass is 366 g/mol. The number of nitrogens with zero attached hydrogens (tertiary/aromatic N) is 1. The highest BCUT2D eigenvalue weighted by molar-refractivity contribution is 7.89. The van der Waals surface area contributed by atoms with Gasteiger partial charge in [-0.3, -0.25) is 4.79 Å². The molecule has 2 unspecified atom stereocenters. The molecule has 2 aliphatic rings. The molecule has 6 nitrogen and oxygen atoms in total. The van der Waals surface area contributed by atoms with Gasteiger partial charge >= 0.3 is 0 Å². The molecule has 7 heteroatoms. The zero-order valence-electron chi connectivity index (χ0n) is 14.6. The highest BCUT2D eigenvalue weighted by atomic mass is 32.2. The van der Waals surface area contributed by atoms with Gasteiger partial charge in [-0.25, -0.2) is 13.1 Å². The Bertz CT molecular complexity index is 714. The Kier molecular flexibility index (Phi) is 5.76. The van der Waals surface area contributed by atoms with Crippen molar-refractivity contribution in [1.29, 1.82) is 0 Å². The molecule has 2 aliphatic heterocycles. The summed E-state index contributed by atoms with van der Waals surface area (Å²) >= 11 is 0. The molecule has 138 valence electrons. The molecule has 0 spiro atoms. The molecule has 1 amide bonds. The first kappa shape index (κ1) is 18.4. The van der Waals surface area contributed by atoms with Gasteiger partial charge in [0.2, 0.25) is 10.0 Å². The second-order valence-corrected chi connectivity index (χ2v) is 8.78. The fourth-order valence-electron chi connectivity index (χ4n) is 3.44. The summed E-state index contributed by atoms with van der Waals surface area (Å²) in [7, 11) is -3.65. The molecule has 0 radical (unpaired) electrons. The minimum absolute atomic E-state index is 0.0607. The third-order valence-electron chi connectivity index (χ3n) is 4.86. The van der Waals surface area contributed by atoms with Crippen LogP contribution in [0.4, 0.5) is 0 Å². The molecule has 0 bridgehead atoms. The van der Waals surface area contributed by atoms with Gasteiger partial charge in [0.1, 0.15) is 0 Å². The molecule has 0 aliphatic carbocycles. The molecule has 2 atom stereocenters. The minimum Gasteiger partial charge on any atom is -0.377 e. The van der Waals surface area contributed by atoms with Crippen molar-refractivity contribution in [3.63, 3.8) is 0 Å². The number of hydrogen-bond acceptors (Lipinski definition) is 4. The van der Waals surface area contributed by atoms with Crippen molar-refractivity contribution < 1.29 is 17.9 Å². The van der Waals surface area contributed by atoms with Gasteiger partial charge in [0.05, 0.1) is 11.0 Å². The van der Waals surface area contributed by atoms with Crippen LogP contribution in [0.2, 0.25) is 0 Å². The number of ether oxygens (including phenoxy) is 1. The topological polar surface area (TPSA) is 75.7 Å². The smallest absolute Gasteiger partial charge is 0.253 e. The molecule has 3 rings (SSSR count). The Morgan fingerprint density at radius 1 is 1.32 bits per heavy atom. The number of likely N-dealkylation sites (tertiary alicyclic amines) is 1. The Balaban J connectivity index is 1.70. The van der Waals surface area contributed by atoms with Crippen LogP contribution in [0.25, 0.3) is 0 Å². The maximum Gasteiger partial charge on any atom is 0.253 e. The van der Waals surface area contributed by atoms with E-state index < -0.39 is 10.0 Å². The first-order valence-electron chi connectivity index (χ1n) is 8.96. The van der Waals surface area contributed by atoms with Crippen molar-refractivity contribution in [2.24, 2.45) is 5.92 Å². The second-order valence-electron chi connectivity index (χ2n) is 7.01. The molecular formula is C18H26N2O4S. The molecule has 25 heavy (non-hydrogen) atoms. The number of sulfonamides is 1. The second kappa shape index (κ2) is 7.85. The van der Waals surface area contributed by atoms with E-state index in [0.717, 1.165) is 38.8 Å². The summed E-state index contributed by atoms with van der Waals surface area (Å²) in [5.74, 6) is 0.389. The first-order valence-corrected chi connectivity index (χ1v) is 10.4. The molecule has 0 aromatic heterocycles. The molecule has 1 aromatic carbocycles. The van der Waals surface area contributed by atoms with Crippen molar-refractivity contribution in [2.75, 3.05) is 26.2 Å². The van der Waals surface area contributed by atoms with Crippen LogP contribution in [0.1, 0.15) is 43.0 Å². The number of carbonyl (C=O) groups excluding carboxylic acids is 1. The summed E-state index contributed by atoms with van der Waals surface area (Å²) in [5.41, 5.74) is 0.425. The highest BCUT2D eigenvalue weighted by Gasteiger charge is 2.24. The van der Waals surface area contributed by atoms with E-state index in [4.69, 9.17) is 4.74 Å². The van der Waals surface area contributed by atoms with E-state index >= 15 is 0 Å². The van der Waals surface area contributed by atoms with E-state index in [1.54, 1.807) is 12.1 Å². The lowest BCUT2D eigenvalue weighted by atomic mass is 9.99. The summed E-state index contributed by atoms with van der Waals surface area (Å²) < 4.78 is 33.0. The van der Waals surface area contributed by atoms with Crippen LogP contribution in [0, 0.1) is 5.92 Å². The zero-order chi connectivity index (χ0) is 17.9. The van der Waals surface area contributed by atoms with Gasteiger partial charge in [0.15, 0.2) is 0 Å². The third kappa shape index (κ3) is 4.59. The third-order valence-corrected chi connectivity index (χ3v) is 6.28. The van der Waals surface area contributed by atoms with Crippen LogP contribution in [0.5, 0.6) is 0 Å². The largest absolute Gasteiger partial charge is 0.377 e. The maximum absolute atomic E-state index is 12.7. The van der Waals surface area contributed by atoms with Crippen molar-refractivity contribution in [3.8, 4) is 0 Å². The summed E-state index contributed by atoms with van der Waals surface area (Å²) in [4.78, 5) is 14.6. The van der Waals surface area contributed by atoms with Crippen LogP contribution in [-0.4, -0.2) is 51.6 Å². The van der Waals surface area contributed by atoms with Gasteiger partial charge in [-0.1, -0.05) is 13.0 Å². The molecule has 0 saturated carbocycles. The average molecular weight is 366 g/mol. The van der Waals surface area contributed by atoms with Gasteiger partial charge < -0.3 is 9.64 Å². The SMILES string of the molecule is CC1CCCN(C(=O)c2cccc(S(=O)(=O)NCC3CCCO3)c2)C1. The van der Waals surface area contributed by atoms with Crippen LogP contribution >= 0.6 is 0 Å². The molecule has 2 heterocycles. The average Bonchev–Trinajstić information content (AvgIpc) is 3.13. The predicted octanol–water partition coefficient (Wildman–Crippen LogP) is 2.02. The number of amides is 1. The Hall–Kier alpha value is -1.44. The van der Waals surface area contributed by atoms with Crippen molar-refractivity contribution >= 4 is 15.9 Å². The fourth-order valence-corrected chi connectivity index (χ4v) is 4.56. The lowest BCUT2D eigenvalue weighted by Crippen LogP contribution is -2.39. The quantitative estimate of drug-likeness (QED) is 0.865. The lowest BCUT2D eigenvalue weighted by Gasteiger charge is -2.31. The normalized spacial score (nSPS) is 24.4. The number of hydrogen-bond donors (Lipinski definition) is 1. The van der Waals surface area contributed by atoms with E-state index in [1.807, 2.05) is 4.90 Å². The number of rotatable bonds is 5. The van der Waals surface area contributed by atoms with Gasteiger partial charge in [-0.15, -0.1) is 0 Å².